The third-order valence-electron chi connectivity index (χ3n) is 3.01. The van der Waals surface area contributed by atoms with Crippen LogP contribution in [0.15, 0.2) is 12.3 Å². The van der Waals surface area contributed by atoms with Crippen molar-refractivity contribution in [3.05, 3.63) is 12.3 Å². The summed E-state index contributed by atoms with van der Waals surface area (Å²) in [6.45, 7) is 6.37. The van der Waals surface area contributed by atoms with Gasteiger partial charge in [-0.2, -0.15) is 4.98 Å². The third kappa shape index (κ3) is 3.08. The van der Waals surface area contributed by atoms with E-state index in [-0.39, 0.29) is 0 Å². The number of aromatic nitrogens is 2. The number of hydrogen-bond donors (Lipinski definition) is 2. The molecular formula is C12H20N4. The van der Waals surface area contributed by atoms with Crippen molar-refractivity contribution in [2.24, 2.45) is 11.8 Å². The number of nitrogens with zero attached hydrogens (tertiary/aromatic N) is 2. The van der Waals surface area contributed by atoms with Crippen molar-refractivity contribution in [1.82, 2.24) is 9.97 Å². The maximum absolute atomic E-state index is 4.40. The number of nitrogens with one attached hydrogen (secondary N) is 2. The maximum Gasteiger partial charge on any atom is 0.224 e. The smallest absolute Gasteiger partial charge is 0.224 e. The Morgan fingerprint density at radius 2 is 2.25 bits per heavy atom. The van der Waals surface area contributed by atoms with Gasteiger partial charge < -0.3 is 10.6 Å². The molecule has 1 aromatic rings. The molecule has 1 aliphatic rings. The van der Waals surface area contributed by atoms with E-state index < -0.39 is 0 Å². The quantitative estimate of drug-likeness (QED) is 0.772. The minimum absolute atomic E-state index is 0.718. The lowest BCUT2D eigenvalue weighted by Gasteiger charge is -2.07. The van der Waals surface area contributed by atoms with Crippen molar-refractivity contribution in [1.29, 1.82) is 0 Å². The minimum atomic E-state index is 0.718. The van der Waals surface area contributed by atoms with Gasteiger partial charge in [0.15, 0.2) is 0 Å². The summed E-state index contributed by atoms with van der Waals surface area (Å²) in [5.74, 6) is 3.36. The summed E-state index contributed by atoms with van der Waals surface area (Å²) in [5, 5.41) is 6.55. The Hall–Kier alpha value is -1.32. The fraction of sp³-hybridized carbons (Fsp3) is 0.667. The van der Waals surface area contributed by atoms with E-state index in [9.17, 15) is 0 Å². The summed E-state index contributed by atoms with van der Waals surface area (Å²) in [6.07, 6.45) is 4.23. The van der Waals surface area contributed by atoms with Crippen LogP contribution >= 0.6 is 0 Å². The van der Waals surface area contributed by atoms with Crippen LogP contribution in [0.3, 0.4) is 0 Å². The summed E-state index contributed by atoms with van der Waals surface area (Å²) in [5.41, 5.74) is 0. The molecule has 16 heavy (non-hydrogen) atoms. The van der Waals surface area contributed by atoms with Crippen LogP contribution < -0.4 is 10.6 Å². The van der Waals surface area contributed by atoms with Gasteiger partial charge in [0.2, 0.25) is 5.95 Å². The van der Waals surface area contributed by atoms with Crippen LogP contribution in [0.4, 0.5) is 11.8 Å². The predicted molar refractivity (Wildman–Crippen MR) is 66.6 cm³/mol. The first kappa shape index (κ1) is 11.2. The van der Waals surface area contributed by atoms with E-state index in [2.05, 4.69) is 34.4 Å². The van der Waals surface area contributed by atoms with Crippen LogP contribution in [-0.2, 0) is 0 Å². The Bertz CT molecular complexity index is 340. The molecule has 0 bridgehead atoms. The molecule has 0 aliphatic heterocycles. The summed E-state index contributed by atoms with van der Waals surface area (Å²) >= 11 is 0. The van der Waals surface area contributed by atoms with Gasteiger partial charge in [-0.15, -0.1) is 0 Å². The fourth-order valence-electron chi connectivity index (χ4n) is 1.70. The van der Waals surface area contributed by atoms with Crippen LogP contribution in [0, 0.1) is 11.8 Å². The molecule has 1 fully saturated rings. The van der Waals surface area contributed by atoms with E-state index in [0.29, 0.717) is 0 Å². The van der Waals surface area contributed by atoms with Gasteiger partial charge in [-0.05, 0) is 30.7 Å². The SMILES string of the molecule is CCCNc1nccc(NCC2CC2C)n1. The van der Waals surface area contributed by atoms with Crippen LogP contribution in [0.1, 0.15) is 26.7 Å². The number of hydrogen-bond acceptors (Lipinski definition) is 4. The van der Waals surface area contributed by atoms with Crippen molar-refractivity contribution < 1.29 is 0 Å². The predicted octanol–water partition coefficient (Wildman–Crippen LogP) is 2.37. The second kappa shape index (κ2) is 5.14. The average molecular weight is 220 g/mol. The molecule has 1 saturated carbocycles. The van der Waals surface area contributed by atoms with Gasteiger partial charge >= 0.3 is 0 Å². The van der Waals surface area contributed by atoms with E-state index in [1.54, 1.807) is 6.20 Å². The van der Waals surface area contributed by atoms with Gasteiger partial charge in [0.25, 0.3) is 0 Å². The lowest BCUT2D eigenvalue weighted by Crippen LogP contribution is -2.09. The topological polar surface area (TPSA) is 49.8 Å². The Labute approximate surface area is 96.9 Å². The summed E-state index contributed by atoms with van der Waals surface area (Å²) in [6, 6.07) is 1.92. The fourth-order valence-corrected chi connectivity index (χ4v) is 1.70. The van der Waals surface area contributed by atoms with Crippen LogP contribution in [0.5, 0.6) is 0 Å². The molecule has 1 aromatic heterocycles. The second-order valence-corrected chi connectivity index (χ2v) is 4.55. The Kier molecular flexibility index (Phi) is 3.59. The Morgan fingerprint density at radius 3 is 2.94 bits per heavy atom. The summed E-state index contributed by atoms with van der Waals surface area (Å²) in [4.78, 5) is 8.57. The Morgan fingerprint density at radius 1 is 1.44 bits per heavy atom. The average Bonchev–Trinajstić information content (AvgIpc) is 3.01. The molecule has 0 spiro atoms. The molecule has 88 valence electrons. The minimum Gasteiger partial charge on any atom is -0.370 e. The van der Waals surface area contributed by atoms with Crippen LogP contribution in [0.25, 0.3) is 0 Å². The molecule has 2 N–H and O–H groups in total. The molecule has 0 saturated heterocycles. The summed E-state index contributed by atoms with van der Waals surface area (Å²) in [7, 11) is 0. The van der Waals surface area contributed by atoms with Gasteiger partial charge in [-0.3, -0.25) is 0 Å². The molecule has 0 amide bonds. The molecule has 1 aliphatic carbocycles. The van der Waals surface area contributed by atoms with Crippen molar-refractivity contribution >= 4 is 11.8 Å². The zero-order valence-corrected chi connectivity index (χ0v) is 10.0. The number of rotatable bonds is 6. The van der Waals surface area contributed by atoms with Gasteiger partial charge in [0, 0.05) is 19.3 Å². The molecule has 0 aromatic carbocycles. The van der Waals surface area contributed by atoms with E-state index in [1.165, 1.54) is 6.42 Å². The van der Waals surface area contributed by atoms with Crippen LogP contribution in [0.2, 0.25) is 0 Å². The highest BCUT2D eigenvalue weighted by atomic mass is 15.1. The number of anilines is 2. The monoisotopic (exact) mass is 220 g/mol. The molecule has 4 nitrogen and oxygen atoms in total. The third-order valence-corrected chi connectivity index (χ3v) is 3.01. The van der Waals surface area contributed by atoms with E-state index in [1.807, 2.05) is 6.07 Å². The van der Waals surface area contributed by atoms with E-state index in [0.717, 1.165) is 43.1 Å². The first-order chi connectivity index (χ1) is 7.79. The molecule has 2 rings (SSSR count). The zero-order valence-electron chi connectivity index (χ0n) is 10.0. The summed E-state index contributed by atoms with van der Waals surface area (Å²) < 4.78 is 0. The zero-order chi connectivity index (χ0) is 11.4. The van der Waals surface area contributed by atoms with E-state index in [4.69, 9.17) is 0 Å². The molecule has 2 unspecified atom stereocenters. The Balaban J connectivity index is 1.83. The highest BCUT2D eigenvalue weighted by molar-refractivity contribution is 5.39. The normalized spacial score (nSPS) is 22.9. The van der Waals surface area contributed by atoms with Crippen molar-refractivity contribution in [2.45, 2.75) is 26.7 Å². The lowest BCUT2D eigenvalue weighted by molar-refractivity contribution is 0.784. The van der Waals surface area contributed by atoms with Crippen LogP contribution in [-0.4, -0.2) is 23.1 Å². The van der Waals surface area contributed by atoms with E-state index >= 15 is 0 Å². The highest BCUT2D eigenvalue weighted by Crippen LogP contribution is 2.37. The molecule has 2 atom stereocenters. The van der Waals surface area contributed by atoms with Gasteiger partial charge in [0.05, 0.1) is 0 Å². The largest absolute Gasteiger partial charge is 0.370 e. The van der Waals surface area contributed by atoms with Gasteiger partial charge in [-0.25, -0.2) is 4.98 Å². The van der Waals surface area contributed by atoms with Crippen molar-refractivity contribution in [3.63, 3.8) is 0 Å². The lowest BCUT2D eigenvalue weighted by atomic mass is 10.3. The van der Waals surface area contributed by atoms with Gasteiger partial charge in [-0.1, -0.05) is 13.8 Å². The maximum atomic E-state index is 4.40. The first-order valence-corrected chi connectivity index (χ1v) is 6.10. The highest BCUT2D eigenvalue weighted by Gasteiger charge is 2.31. The molecule has 0 radical (unpaired) electrons. The second-order valence-electron chi connectivity index (χ2n) is 4.55. The van der Waals surface area contributed by atoms with Crippen molar-refractivity contribution in [2.75, 3.05) is 23.7 Å². The first-order valence-electron chi connectivity index (χ1n) is 6.10. The van der Waals surface area contributed by atoms with Crippen molar-refractivity contribution in [3.8, 4) is 0 Å². The van der Waals surface area contributed by atoms with Gasteiger partial charge in [0.1, 0.15) is 5.82 Å². The molecule has 4 heteroatoms. The molecule has 1 heterocycles. The standard InChI is InChI=1S/C12H20N4/c1-3-5-13-12-14-6-4-11(16-12)15-8-10-7-9(10)2/h4,6,9-10H,3,5,7-8H2,1-2H3,(H2,13,14,15,16). The molecular weight excluding hydrogens is 200 g/mol.